The van der Waals surface area contributed by atoms with Crippen molar-refractivity contribution < 1.29 is 14.0 Å². The van der Waals surface area contributed by atoms with E-state index in [1.54, 1.807) is 42.2 Å². The van der Waals surface area contributed by atoms with Gasteiger partial charge in [0.1, 0.15) is 5.82 Å². The molecule has 1 unspecified atom stereocenters. The second-order valence-electron chi connectivity index (χ2n) is 6.57. The number of halogens is 1. The predicted molar refractivity (Wildman–Crippen MR) is 114 cm³/mol. The zero-order chi connectivity index (χ0) is 20.4. The largest absolute Gasteiger partial charge is 0.312 e. The third-order valence-electron chi connectivity index (χ3n) is 4.50. The van der Waals surface area contributed by atoms with Crippen molar-refractivity contribution >= 4 is 57.1 Å². The van der Waals surface area contributed by atoms with E-state index in [0.717, 1.165) is 10.1 Å². The summed E-state index contributed by atoms with van der Waals surface area (Å²) >= 11 is 4.57. The molecule has 2 amide bonds. The van der Waals surface area contributed by atoms with Crippen LogP contribution in [0.15, 0.2) is 40.1 Å². The molecule has 6 nitrogen and oxygen atoms in total. The van der Waals surface area contributed by atoms with E-state index in [1.165, 1.54) is 27.2 Å². The fourth-order valence-electron chi connectivity index (χ4n) is 2.98. The highest BCUT2D eigenvalue weighted by Gasteiger charge is 2.35. The topological polar surface area (TPSA) is 75.2 Å². The molecule has 1 N–H and O–H groups in total. The Balaban J connectivity index is 1.35. The summed E-state index contributed by atoms with van der Waals surface area (Å²) in [7, 11) is 0. The number of carbonyl (C=O) groups is 2. The monoisotopic (exact) mass is 448 g/mol. The van der Waals surface area contributed by atoms with Gasteiger partial charge in [0.2, 0.25) is 16.9 Å². The Morgan fingerprint density at radius 2 is 2.24 bits per heavy atom. The lowest BCUT2D eigenvalue weighted by atomic mass is 10.1. The molecule has 2 aromatic heterocycles. The Morgan fingerprint density at radius 1 is 1.38 bits per heavy atom. The number of anilines is 2. The van der Waals surface area contributed by atoms with Gasteiger partial charge in [-0.1, -0.05) is 29.2 Å². The zero-order valence-corrected chi connectivity index (χ0v) is 17.9. The minimum atomic E-state index is -0.487. The highest BCUT2D eigenvalue weighted by Crippen LogP contribution is 2.31. The summed E-state index contributed by atoms with van der Waals surface area (Å²) in [5.41, 5.74) is 1.07. The van der Waals surface area contributed by atoms with Gasteiger partial charge < -0.3 is 10.2 Å². The molecule has 1 aliphatic heterocycles. The van der Waals surface area contributed by atoms with Gasteiger partial charge in [-0.05, 0) is 42.1 Å². The maximum absolute atomic E-state index is 13.5. The first-order chi connectivity index (χ1) is 14.0. The normalized spacial score (nSPS) is 16.4. The van der Waals surface area contributed by atoms with Gasteiger partial charge in [-0.2, -0.15) is 0 Å². The smallest absolute Gasteiger partial charge is 0.231 e. The summed E-state index contributed by atoms with van der Waals surface area (Å²) in [6.07, 6.45) is 0.112. The van der Waals surface area contributed by atoms with Gasteiger partial charge in [-0.3, -0.25) is 9.59 Å². The van der Waals surface area contributed by atoms with Crippen LogP contribution in [0.3, 0.4) is 0 Å². The molecule has 29 heavy (non-hydrogen) atoms. The third kappa shape index (κ3) is 4.65. The van der Waals surface area contributed by atoms with Gasteiger partial charge in [0.25, 0.3) is 0 Å². The van der Waals surface area contributed by atoms with E-state index in [-0.39, 0.29) is 30.6 Å². The van der Waals surface area contributed by atoms with Gasteiger partial charge in [-0.15, -0.1) is 21.5 Å². The summed E-state index contributed by atoms with van der Waals surface area (Å²) in [6, 6.07) is 8.58. The molecule has 3 aromatic rings. The number of benzene rings is 1. The Bertz CT molecular complexity index is 1040. The quantitative estimate of drug-likeness (QED) is 0.449. The second-order valence-corrected chi connectivity index (χ2v) is 9.80. The molecular weight excluding hydrogens is 431 g/mol. The van der Waals surface area contributed by atoms with Crippen LogP contribution in [-0.2, 0) is 15.3 Å². The maximum Gasteiger partial charge on any atom is 0.231 e. The molecule has 1 fully saturated rings. The van der Waals surface area contributed by atoms with E-state index in [4.69, 9.17) is 0 Å². The van der Waals surface area contributed by atoms with Gasteiger partial charge in [0.05, 0.1) is 5.92 Å². The van der Waals surface area contributed by atoms with Crippen LogP contribution >= 0.6 is 34.4 Å². The Hall–Kier alpha value is -2.30. The van der Waals surface area contributed by atoms with Crippen LogP contribution in [0.1, 0.15) is 16.9 Å². The fourth-order valence-corrected chi connectivity index (χ4v) is 5.51. The van der Waals surface area contributed by atoms with Gasteiger partial charge in [0.15, 0.2) is 4.34 Å². The number of aromatic nitrogens is 2. The number of rotatable bonds is 6. The SMILES string of the molecule is Cc1cc(N2CC(C(=O)Nc3nnc(SCc4cccs4)s3)CC2=O)ccc1F. The number of hydrogen-bond donors (Lipinski definition) is 1. The van der Waals surface area contributed by atoms with Gasteiger partial charge in [-0.25, -0.2) is 4.39 Å². The first kappa shape index (κ1) is 20.0. The van der Waals surface area contributed by atoms with Crippen LogP contribution in [0.4, 0.5) is 15.2 Å². The van der Waals surface area contributed by atoms with E-state index in [1.807, 2.05) is 11.4 Å². The molecule has 1 aromatic carbocycles. The van der Waals surface area contributed by atoms with Crippen molar-refractivity contribution in [1.82, 2.24) is 10.2 Å². The number of thioether (sulfide) groups is 1. The lowest BCUT2D eigenvalue weighted by Gasteiger charge is -2.17. The summed E-state index contributed by atoms with van der Waals surface area (Å²) in [5.74, 6) is -0.410. The van der Waals surface area contributed by atoms with Crippen molar-refractivity contribution in [3.8, 4) is 0 Å². The molecule has 0 aliphatic carbocycles. The Morgan fingerprint density at radius 3 is 3.00 bits per heavy atom. The van der Waals surface area contributed by atoms with Crippen LogP contribution in [0.2, 0.25) is 0 Å². The van der Waals surface area contributed by atoms with Crippen molar-refractivity contribution in [1.29, 1.82) is 0 Å². The van der Waals surface area contributed by atoms with Gasteiger partial charge in [0, 0.05) is 29.3 Å². The van der Waals surface area contributed by atoms with Crippen molar-refractivity contribution in [3.05, 3.63) is 52.0 Å². The molecule has 4 rings (SSSR count). The molecule has 0 bridgehead atoms. The van der Waals surface area contributed by atoms with E-state index in [2.05, 4.69) is 21.6 Å². The number of nitrogens with one attached hydrogen (secondary N) is 1. The van der Waals surface area contributed by atoms with Crippen molar-refractivity contribution in [2.45, 2.75) is 23.4 Å². The van der Waals surface area contributed by atoms with Crippen LogP contribution in [0.5, 0.6) is 0 Å². The van der Waals surface area contributed by atoms with Crippen LogP contribution in [-0.4, -0.2) is 28.6 Å². The zero-order valence-electron chi connectivity index (χ0n) is 15.4. The van der Waals surface area contributed by atoms with E-state index < -0.39 is 5.92 Å². The van der Waals surface area contributed by atoms with Gasteiger partial charge >= 0.3 is 0 Å². The third-order valence-corrected chi connectivity index (χ3v) is 7.58. The van der Waals surface area contributed by atoms with Crippen molar-refractivity contribution in [3.63, 3.8) is 0 Å². The van der Waals surface area contributed by atoms with Crippen molar-refractivity contribution in [2.24, 2.45) is 5.92 Å². The number of amides is 2. The average Bonchev–Trinajstić information content (AvgIpc) is 3.43. The van der Waals surface area contributed by atoms with E-state index in [9.17, 15) is 14.0 Å². The molecule has 150 valence electrons. The molecule has 0 spiro atoms. The van der Waals surface area contributed by atoms with E-state index in [0.29, 0.717) is 16.4 Å². The molecule has 1 atom stereocenters. The summed E-state index contributed by atoms with van der Waals surface area (Å²) in [6.45, 7) is 1.90. The number of thiophene rings is 1. The average molecular weight is 449 g/mol. The Labute approximate surface area is 179 Å². The predicted octanol–water partition coefficient (Wildman–Crippen LogP) is 4.33. The number of nitrogens with zero attached hydrogens (tertiary/aromatic N) is 3. The summed E-state index contributed by atoms with van der Waals surface area (Å²) in [4.78, 5) is 27.7. The molecule has 1 aliphatic rings. The lowest BCUT2D eigenvalue weighted by molar-refractivity contribution is -0.122. The first-order valence-corrected chi connectivity index (χ1v) is 11.5. The molecule has 3 heterocycles. The highest BCUT2D eigenvalue weighted by atomic mass is 32.2. The molecule has 0 radical (unpaired) electrons. The molecule has 0 saturated carbocycles. The standard InChI is InChI=1S/C19H17FN4O2S3/c1-11-7-13(4-5-15(11)20)24-9-12(8-16(24)25)17(26)21-18-22-23-19(29-18)28-10-14-3-2-6-27-14/h2-7,12H,8-10H2,1H3,(H,21,22,26). The number of aryl methyl sites for hydroxylation is 1. The first-order valence-electron chi connectivity index (χ1n) is 8.85. The molecule has 10 heteroatoms. The van der Waals surface area contributed by atoms with Crippen LogP contribution in [0, 0.1) is 18.7 Å². The second kappa shape index (κ2) is 8.60. The number of hydrogen-bond acceptors (Lipinski definition) is 7. The fraction of sp³-hybridized carbons (Fsp3) is 0.263. The number of carbonyl (C=O) groups excluding carboxylic acids is 2. The lowest BCUT2D eigenvalue weighted by Crippen LogP contribution is -2.28. The maximum atomic E-state index is 13.5. The molecular formula is C19H17FN4O2S3. The minimum absolute atomic E-state index is 0.112. The highest BCUT2D eigenvalue weighted by molar-refractivity contribution is 8.00. The van der Waals surface area contributed by atoms with Crippen LogP contribution in [0.25, 0.3) is 0 Å². The van der Waals surface area contributed by atoms with Crippen molar-refractivity contribution in [2.75, 3.05) is 16.8 Å². The minimum Gasteiger partial charge on any atom is -0.312 e. The molecule has 1 saturated heterocycles. The summed E-state index contributed by atoms with van der Waals surface area (Å²) in [5, 5.41) is 13.3. The van der Waals surface area contributed by atoms with E-state index >= 15 is 0 Å². The summed E-state index contributed by atoms with van der Waals surface area (Å²) < 4.78 is 14.3. The Kier molecular flexibility index (Phi) is 5.93. The van der Waals surface area contributed by atoms with Crippen LogP contribution < -0.4 is 10.2 Å².